The van der Waals surface area contributed by atoms with E-state index in [1.54, 1.807) is 66.7 Å². The fourth-order valence-corrected chi connectivity index (χ4v) is 22.3. The summed E-state index contributed by atoms with van der Waals surface area (Å²) in [7, 11) is 2.52. The minimum Gasteiger partial charge on any atom is -1.00 e. The molecule has 21 rings (SSSR count). The maximum Gasteiger partial charge on any atom is 0.344 e. The molecular weight excluding hydrogens is 1950 g/mol. The van der Waals surface area contributed by atoms with Crippen LogP contribution in [0.1, 0.15) is 174 Å². The van der Waals surface area contributed by atoms with Crippen molar-refractivity contribution in [3.05, 3.63) is 201 Å². The lowest BCUT2D eigenvalue weighted by Crippen LogP contribution is -3.00. The number of hydrogen-bond acceptors (Lipinski definition) is 26. The first-order chi connectivity index (χ1) is 57.8. The molecule has 122 heavy (non-hydrogen) atoms. The predicted molar refractivity (Wildman–Crippen MR) is 454 cm³/mol. The van der Waals surface area contributed by atoms with E-state index in [4.69, 9.17) is 102 Å². The Hall–Kier alpha value is -8.26. The average molecular weight is 2020 g/mol. The third-order valence-electron chi connectivity index (χ3n) is 23.1. The van der Waals surface area contributed by atoms with Gasteiger partial charge in [0.05, 0.1) is 75.1 Å². The molecule has 0 spiro atoms. The first-order valence-corrected chi connectivity index (χ1v) is 43.9. The lowest BCUT2D eigenvalue weighted by molar-refractivity contribution is -0.000184. The number of anilines is 2. The van der Waals surface area contributed by atoms with Crippen LogP contribution in [0.25, 0.3) is 64.4 Å². The zero-order valence-corrected chi connectivity index (χ0v) is 75.0. The van der Waals surface area contributed by atoms with Crippen LogP contribution in [0.2, 0.25) is 30.1 Å². The molecule has 9 fully saturated rings. The highest BCUT2D eigenvalue weighted by Crippen LogP contribution is 2.53. The summed E-state index contributed by atoms with van der Waals surface area (Å²) >= 11 is 45.4. The van der Waals surface area contributed by atoms with Crippen molar-refractivity contribution in [1.82, 2.24) is 35.7 Å². The van der Waals surface area contributed by atoms with Crippen LogP contribution in [0.4, 0.5) is 23.4 Å². The van der Waals surface area contributed by atoms with Gasteiger partial charge >= 0.3 is 35.8 Å². The number of methoxy groups -OCH3 is 2. The third-order valence-corrected chi connectivity index (χ3v) is 28.5. The first kappa shape index (κ1) is 87.2. The average Bonchev–Trinajstić information content (AvgIpc) is 1.61. The van der Waals surface area contributed by atoms with E-state index < -0.39 is 47.3 Å². The molecule has 0 radical (unpaired) electrons. The van der Waals surface area contributed by atoms with Crippen LogP contribution in [0.3, 0.4) is 0 Å². The molecule has 6 saturated carbocycles. The molecule has 2 N–H and O–H groups in total. The summed E-state index contributed by atoms with van der Waals surface area (Å²) in [6, 6.07) is 23.9. The van der Waals surface area contributed by atoms with E-state index in [0.717, 1.165) is 89.0 Å². The van der Waals surface area contributed by atoms with Gasteiger partial charge in [0.25, 0.3) is 0 Å². The molecule has 6 aliphatic carbocycles. The molecule has 9 aliphatic rings. The fourth-order valence-electron chi connectivity index (χ4n) is 16.9. The zero-order chi connectivity index (χ0) is 83.5. The largest absolute Gasteiger partial charge is 1.00 e. The molecule has 9 heterocycles. The van der Waals surface area contributed by atoms with Gasteiger partial charge in [-0.2, -0.15) is 0 Å². The summed E-state index contributed by atoms with van der Waals surface area (Å²) in [6.45, 7) is 2.12. The summed E-state index contributed by atoms with van der Waals surface area (Å²) in [5, 5.41) is 28.9. The summed E-state index contributed by atoms with van der Waals surface area (Å²) < 4.78 is 89.0. The molecule has 38 heteroatoms. The lowest BCUT2D eigenvalue weighted by Gasteiger charge is -2.31. The molecule has 12 aromatic rings. The molecule has 6 aromatic heterocycles. The number of aromatic carboxylic acids is 1. The Morgan fingerprint density at radius 2 is 0.820 bits per heavy atom. The van der Waals surface area contributed by atoms with Crippen LogP contribution in [-0.2, 0) is 23.7 Å². The number of ether oxygens (including phenoxy) is 5. The smallest absolute Gasteiger partial charge is 0.344 e. The number of hydrogen-bond donors (Lipinski definition) is 2. The van der Waals surface area contributed by atoms with Crippen LogP contribution >= 0.6 is 120 Å². The van der Waals surface area contributed by atoms with Crippen LogP contribution < -0.4 is 39.1 Å². The fraction of sp³-hybridized carbons (Fsp3) is 0.345. The summed E-state index contributed by atoms with van der Waals surface area (Å²) in [5.41, 5.74) is 4.23. The number of nitrogens with zero attached hydrogens (tertiary/aromatic N) is 8. The van der Waals surface area contributed by atoms with Crippen molar-refractivity contribution in [2.45, 2.75) is 131 Å². The van der Waals surface area contributed by atoms with Gasteiger partial charge in [-0.05, 0) is 147 Å². The Morgan fingerprint density at radius 3 is 1.14 bits per heavy atom. The normalized spacial score (nSPS) is 21.3. The Morgan fingerprint density at radius 1 is 0.475 bits per heavy atom. The Labute approximate surface area is 760 Å². The Kier molecular flexibility index (Phi) is 25.5. The molecule has 6 bridgehead atoms. The van der Waals surface area contributed by atoms with Crippen molar-refractivity contribution in [2.75, 3.05) is 43.7 Å². The van der Waals surface area contributed by atoms with Crippen LogP contribution in [-0.4, -0.2) is 142 Å². The molecule has 9 atom stereocenters. The number of nitrogens with one attached hydrogen (secondary N) is 1. The van der Waals surface area contributed by atoms with E-state index in [2.05, 4.69) is 66.2 Å². The SMILES string of the molecule is COC(=O)c1cc(F)c2nc(Br)sc2c1.COC(=O)c1cc(F)c2nc(N3C[C@@H]4C[C@H]3C[C@H]4OC(=O)c3c(-c4c(Cl)cccc4Cl)noc3C3CC3)sc2c1.O=C(O)c1cc(F)c2nc(N3C[C@@H]4C[C@H]3C[C@H]4OC(=O)c3c(-c4c(Cl)cccc4Cl)noc3C3CC3)sc2c1.O=C(O[C@@H]1C[C@@H]2C[C@H]1CN2)c1c(-c2c(Cl)cccc2Cl)noc1C1CC1.[CH3-].[I-]. The van der Waals surface area contributed by atoms with Crippen LogP contribution in [0.5, 0.6) is 0 Å². The van der Waals surface area contributed by atoms with Crippen molar-refractivity contribution in [3.63, 3.8) is 0 Å². The number of aromatic nitrogens is 6. The van der Waals surface area contributed by atoms with Gasteiger partial charge in [-0.15, -0.1) is 11.3 Å². The second kappa shape index (κ2) is 35.6. The van der Waals surface area contributed by atoms with Gasteiger partial charge in [-0.1, -0.05) is 126 Å². The number of carbonyl (C=O) groups excluding carboxylic acids is 5. The topological polar surface area (TPSA) is 304 Å². The van der Waals surface area contributed by atoms with Gasteiger partial charge in [0, 0.05) is 109 Å². The number of carboxylic acid groups (broad SMARTS) is 1. The number of esters is 5. The van der Waals surface area contributed by atoms with Gasteiger partial charge in [-0.3, -0.25) is 0 Å². The second-order valence-corrected chi connectivity index (χ2v) is 37.6. The number of carbonyl (C=O) groups is 6. The van der Waals surface area contributed by atoms with E-state index in [0.29, 0.717) is 158 Å². The molecule has 3 saturated heterocycles. The molecule has 0 amide bonds. The molecule has 636 valence electrons. The van der Waals surface area contributed by atoms with Gasteiger partial charge in [0.15, 0.2) is 48.9 Å². The molecule has 6 aromatic carbocycles. The van der Waals surface area contributed by atoms with Crippen LogP contribution in [0.15, 0.2) is 108 Å². The summed E-state index contributed by atoms with van der Waals surface area (Å²) in [6.07, 6.45) is 9.76. The van der Waals surface area contributed by atoms with E-state index in [-0.39, 0.29) is 136 Å². The molecular formula is C84H68BrCl6F3IN9O15S3-2. The number of halogens is 11. The Bertz CT molecular complexity index is 6120. The van der Waals surface area contributed by atoms with Gasteiger partial charge in [0.2, 0.25) is 0 Å². The highest BCUT2D eigenvalue weighted by atomic mass is 127. The van der Waals surface area contributed by atoms with Gasteiger partial charge < -0.3 is 88.9 Å². The minimum atomic E-state index is -1.19. The molecule has 0 unspecified atom stereocenters. The van der Waals surface area contributed by atoms with Crippen molar-refractivity contribution in [1.29, 1.82) is 0 Å². The van der Waals surface area contributed by atoms with Gasteiger partial charge in [0.1, 0.15) is 68.6 Å². The summed E-state index contributed by atoms with van der Waals surface area (Å²) in [4.78, 5) is 91.9. The van der Waals surface area contributed by atoms with Crippen molar-refractivity contribution in [3.8, 4) is 33.8 Å². The van der Waals surface area contributed by atoms with E-state index in [9.17, 15) is 47.0 Å². The van der Waals surface area contributed by atoms with Gasteiger partial charge in [-0.25, -0.2) is 56.9 Å². The first-order valence-electron chi connectivity index (χ1n) is 38.4. The predicted octanol–water partition coefficient (Wildman–Crippen LogP) is 18.6. The minimum absolute atomic E-state index is 0. The summed E-state index contributed by atoms with van der Waals surface area (Å²) in [5.74, 6) is -2.81. The maximum absolute atomic E-state index is 14.7. The quantitative estimate of drug-likeness (QED) is 0.0370. The van der Waals surface area contributed by atoms with E-state index >= 15 is 0 Å². The number of benzene rings is 6. The number of thiazole rings is 3. The maximum atomic E-state index is 14.7. The number of rotatable bonds is 17. The lowest BCUT2D eigenvalue weighted by atomic mass is 10.0. The highest BCUT2D eigenvalue weighted by molar-refractivity contribution is 9.11. The standard InChI is InChI=1S/C28H22Cl2FN3O5S.C27H20Cl2FN3O5S.C19H18Cl2N2O3.C9H5BrFNO2S.CH3.HI/c1-37-26(35)13-8-18(31)23-20(9-13)40-28(32-23)34-11-14-7-15(34)10-19(14)38-27(36)22-24(33-39-25(22)12-5-6-12)21-16(29)3-2-4-17(21)30;28-15-2-1-3-16(29)20(15)23-21(24(38-32-23)11-4-5-11)26(36)37-18-9-14-6-13(18)10-33(14)27-31-22-17(30)7-12(25(34)35)8-19(22)39-27;20-12-2-1-3-13(21)15(12)17-16(18(26-23-17)9-4-5-9)19(24)25-14-7-11-6-10(14)8-22-11;1-14-8(13)4-2-5(11)7-6(3-4)15-9(10)12-7;;/h2-4,8-9,12,14-15,19H,5-7,10-11H2,1H3;1-3,7-8,11,13-14,18H,4-6,9-10H2,(H,34,35);1-3,9-11,14,22H,4-8H2;2-3H,1H3;1H3;1H/q;;;;-1;/p-1/t14-,15-,19+;13-,14-,18+;10-,11-,14+;;;/m000.../s1. The number of piperidine rings is 3. The Balaban J connectivity index is 0.000000126. The highest BCUT2D eigenvalue weighted by Gasteiger charge is 2.52. The third kappa shape index (κ3) is 17.1. The monoisotopic (exact) mass is 2010 g/mol. The van der Waals surface area contributed by atoms with E-state index in [1.807, 2.05) is 0 Å². The zero-order valence-electron chi connectivity index (χ0n) is 64.3. The number of fused-ring (bicyclic) bond motifs is 9. The van der Waals surface area contributed by atoms with Crippen molar-refractivity contribution >= 4 is 196 Å². The van der Waals surface area contributed by atoms with Crippen LogP contribution in [0, 0.1) is 42.6 Å². The van der Waals surface area contributed by atoms with Crippen molar-refractivity contribution in [2.24, 2.45) is 17.8 Å². The molecule has 3 aliphatic heterocycles. The second-order valence-electron chi connectivity index (χ2n) is 30.8. The van der Waals surface area contributed by atoms with Crippen molar-refractivity contribution < 1.29 is 108 Å². The number of carboxylic acids is 1. The molecule has 24 nitrogen and oxygen atoms in total. The van der Waals surface area contributed by atoms with E-state index in [1.165, 1.54) is 54.3 Å².